The second kappa shape index (κ2) is 16.3. The maximum absolute atomic E-state index is 4.37. The van der Waals surface area contributed by atoms with Gasteiger partial charge in [-0.15, -0.1) is 0 Å². The molecule has 1 rings (SSSR count). The van der Waals surface area contributed by atoms with Gasteiger partial charge >= 0.3 is 17.1 Å². The molecule has 0 amide bonds. The van der Waals surface area contributed by atoms with E-state index in [0.29, 0.717) is 0 Å². The molecule has 0 aromatic heterocycles. The van der Waals surface area contributed by atoms with E-state index in [0.717, 1.165) is 79.3 Å². The normalized spacial score (nSPS) is 22.7. The number of hydrogen-bond donors (Lipinski definition) is 0. The Kier molecular flexibility index (Phi) is 16.6. The smallest absolute Gasteiger partial charge is 0.422 e. The summed E-state index contributed by atoms with van der Waals surface area (Å²) in [5.74, 6) is 0. The number of hydrogen-bond acceptors (Lipinski definition) is 0. The van der Waals surface area contributed by atoms with Crippen LogP contribution >= 0.6 is 0 Å². The van der Waals surface area contributed by atoms with Gasteiger partial charge in [-0.25, -0.2) is 0 Å². The van der Waals surface area contributed by atoms with Crippen LogP contribution < -0.4 is 0 Å². The van der Waals surface area contributed by atoms with Crippen molar-refractivity contribution in [2.45, 2.75) is 0 Å². The Morgan fingerprint density at radius 1 is 0.263 bits per heavy atom. The largest absolute Gasteiger partial charge is 3.00 e. The van der Waals surface area contributed by atoms with Gasteiger partial charge in [0.1, 0.15) is 0 Å². The molecule has 0 aromatic rings. The predicted octanol–water partition coefficient (Wildman–Crippen LogP) is -2.83. The van der Waals surface area contributed by atoms with Gasteiger partial charge in [0.2, 0.25) is 79.3 Å². The molecule has 6 nitrogen and oxygen atoms in total. The fraction of sp³-hybridized carbons (Fsp3) is 1.00. The second-order valence-corrected chi connectivity index (χ2v) is 4.02. The molecule has 1 aliphatic rings. The molecular formula is C12H30FeO6+9. The molecule has 0 spiro atoms. The Bertz CT molecular complexity index is 97.2. The molecule has 0 unspecified atom stereocenters. The van der Waals surface area contributed by atoms with Gasteiger partial charge in [-0.05, 0) is 0 Å². The summed E-state index contributed by atoms with van der Waals surface area (Å²) in [6.45, 7) is 9.78. The fourth-order valence-corrected chi connectivity index (χ4v) is 1.52. The number of rotatable bonds is 0. The first-order valence-corrected chi connectivity index (χ1v) is 6.79. The van der Waals surface area contributed by atoms with Gasteiger partial charge in [0, 0.05) is 0 Å². The maximum Gasteiger partial charge on any atom is 3.00 e. The summed E-state index contributed by atoms with van der Waals surface area (Å²) < 4.78 is 26.2. The summed E-state index contributed by atoms with van der Waals surface area (Å²) >= 11 is 0. The molecule has 1 radical (unpaired) electrons. The molecule has 1 saturated heterocycles. The Morgan fingerprint density at radius 3 is 0.474 bits per heavy atom. The van der Waals surface area contributed by atoms with Gasteiger partial charge in [-0.3, -0.25) is 0 Å². The predicted molar refractivity (Wildman–Crippen MR) is 71.7 cm³/mol. The Hall–Kier alpha value is 0.279. The van der Waals surface area contributed by atoms with E-state index in [-0.39, 0.29) is 17.1 Å². The summed E-state index contributed by atoms with van der Waals surface area (Å²) in [5.41, 5.74) is 0. The molecule has 0 saturated carbocycles. The third-order valence-electron chi connectivity index (χ3n) is 2.50. The molecule has 113 valence electrons. The van der Waals surface area contributed by atoms with E-state index in [1.165, 1.54) is 0 Å². The standard InChI is InChI=1S/C12H24O6.Fe/c1-2-14-5-6-16-9-10-18-12-11-17-8-7-15-4-3-13-1;/h1-12H2;/q;+3/p+6. The van der Waals surface area contributed by atoms with Gasteiger partial charge in [-0.2, -0.15) is 0 Å². The van der Waals surface area contributed by atoms with E-state index in [1.54, 1.807) is 0 Å². The summed E-state index contributed by atoms with van der Waals surface area (Å²) in [6, 6.07) is 0. The van der Waals surface area contributed by atoms with Crippen LogP contribution in [0, 0.1) is 0 Å². The van der Waals surface area contributed by atoms with Crippen LogP contribution in [0.2, 0.25) is 0 Å². The number of aliphatic hydroxyl groups is 12. The van der Waals surface area contributed by atoms with Crippen LogP contribution in [0.3, 0.4) is 0 Å². The Labute approximate surface area is 125 Å². The molecular weight excluding hydrogens is 296 g/mol. The molecule has 0 atom stereocenters. The van der Waals surface area contributed by atoms with Crippen LogP contribution in [-0.2, 0) is 17.1 Å². The summed E-state index contributed by atoms with van der Waals surface area (Å²) in [5, 5.41) is 0. The van der Waals surface area contributed by atoms with E-state index in [1.807, 2.05) is 0 Å². The molecule has 19 heavy (non-hydrogen) atoms. The quantitative estimate of drug-likeness (QED) is 0.340. The van der Waals surface area contributed by atoms with E-state index < -0.39 is 0 Å². The first kappa shape index (κ1) is 19.3. The van der Waals surface area contributed by atoms with E-state index >= 15 is 0 Å². The van der Waals surface area contributed by atoms with Crippen LogP contribution in [0.5, 0.6) is 0 Å². The van der Waals surface area contributed by atoms with Crippen molar-refractivity contribution in [3.63, 3.8) is 0 Å². The topological polar surface area (TPSA) is 76.8 Å². The third kappa shape index (κ3) is 14.5. The fourth-order valence-electron chi connectivity index (χ4n) is 1.52. The Morgan fingerprint density at radius 2 is 0.368 bits per heavy atom. The van der Waals surface area contributed by atoms with Crippen molar-refractivity contribution in [3.8, 4) is 0 Å². The van der Waals surface area contributed by atoms with Crippen molar-refractivity contribution in [1.82, 2.24) is 0 Å². The molecule has 1 heterocycles. The van der Waals surface area contributed by atoms with Crippen LogP contribution in [0.25, 0.3) is 0 Å². The molecule has 0 bridgehead atoms. The first-order valence-electron chi connectivity index (χ1n) is 6.79. The molecule has 1 fully saturated rings. The summed E-state index contributed by atoms with van der Waals surface area (Å²) in [4.78, 5) is 0. The van der Waals surface area contributed by atoms with Crippen molar-refractivity contribution in [2.75, 3.05) is 79.3 Å². The average molecular weight is 326 g/mol. The van der Waals surface area contributed by atoms with Crippen molar-refractivity contribution in [3.05, 3.63) is 0 Å². The van der Waals surface area contributed by atoms with Gasteiger partial charge in [0.25, 0.3) is 0 Å². The molecule has 0 aromatic carbocycles. The zero-order chi connectivity index (χ0) is 12.7. The van der Waals surface area contributed by atoms with Gasteiger partial charge in [0.15, 0.2) is 0 Å². The number of ether oxygens (including phenoxy) is 6. The van der Waals surface area contributed by atoms with E-state index in [9.17, 15) is 0 Å². The van der Waals surface area contributed by atoms with Crippen molar-refractivity contribution >= 4 is 0 Å². The Balaban J connectivity index is 0.00000324. The van der Waals surface area contributed by atoms with Crippen molar-refractivity contribution < 1.29 is 45.5 Å². The van der Waals surface area contributed by atoms with E-state index in [2.05, 4.69) is 28.4 Å². The van der Waals surface area contributed by atoms with Crippen LogP contribution in [-0.4, -0.2) is 108 Å². The van der Waals surface area contributed by atoms with Gasteiger partial charge < -0.3 is 28.4 Å². The minimum atomic E-state index is 0. The second-order valence-electron chi connectivity index (χ2n) is 4.02. The van der Waals surface area contributed by atoms with Crippen LogP contribution in [0.4, 0.5) is 0 Å². The van der Waals surface area contributed by atoms with Crippen LogP contribution in [0.15, 0.2) is 0 Å². The zero-order valence-electron chi connectivity index (χ0n) is 11.5. The van der Waals surface area contributed by atoms with Crippen molar-refractivity contribution in [2.24, 2.45) is 0 Å². The van der Waals surface area contributed by atoms with E-state index in [4.69, 9.17) is 0 Å². The summed E-state index contributed by atoms with van der Waals surface area (Å²) in [6.07, 6.45) is 0. The molecule has 0 aliphatic carbocycles. The monoisotopic (exact) mass is 326 g/mol. The average Bonchev–Trinajstić information content (AvgIpc) is 2.39. The van der Waals surface area contributed by atoms with Gasteiger partial charge in [0.05, 0.1) is 0 Å². The van der Waals surface area contributed by atoms with Crippen molar-refractivity contribution in [1.29, 1.82) is 0 Å². The zero-order valence-corrected chi connectivity index (χ0v) is 12.6. The van der Waals surface area contributed by atoms with Crippen LogP contribution in [0.1, 0.15) is 0 Å². The molecule has 1 aliphatic heterocycles. The minimum Gasteiger partial charge on any atom is -0.422 e. The first-order chi connectivity index (χ1) is 9.00. The van der Waals surface area contributed by atoms with Gasteiger partial charge in [-0.1, -0.05) is 0 Å². The SMILES string of the molecule is C1C[OH+]CC[OH+]CC[OH+]CC[OH+]CC[OH+]CC[OH+]1.[Fe+3]. The molecule has 7 heteroatoms. The summed E-state index contributed by atoms with van der Waals surface area (Å²) in [7, 11) is 0. The minimum absolute atomic E-state index is 0. The molecule has 6 N–H and O–H groups in total. The third-order valence-corrected chi connectivity index (χ3v) is 2.50. The maximum atomic E-state index is 4.37.